The molecule has 0 saturated heterocycles. The Kier molecular flexibility index (Phi) is 4.39. The summed E-state index contributed by atoms with van der Waals surface area (Å²) in [6, 6.07) is 4.46. The van der Waals surface area contributed by atoms with Gasteiger partial charge in [0.15, 0.2) is 0 Å². The number of esters is 1. The molecule has 1 rings (SSSR count). The molecule has 0 fully saturated rings. The number of hydrogen-bond acceptors (Lipinski definition) is 4. The van der Waals surface area contributed by atoms with Gasteiger partial charge in [-0.25, -0.2) is 4.98 Å². The SMILES string of the molecule is CCOC(=O)CSc1cccc(F)n1. The lowest BCUT2D eigenvalue weighted by molar-refractivity contribution is -0.139. The van der Waals surface area contributed by atoms with Gasteiger partial charge in [-0.15, -0.1) is 0 Å². The molecule has 1 aromatic heterocycles. The zero-order valence-corrected chi connectivity index (χ0v) is 8.51. The summed E-state index contributed by atoms with van der Waals surface area (Å²) >= 11 is 1.16. The van der Waals surface area contributed by atoms with Crippen molar-refractivity contribution in [1.82, 2.24) is 4.98 Å². The molecule has 0 N–H and O–H groups in total. The van der Waals surface area contributed by atoms with E-state index in [9.17, 15) is 9.18 Å². The van der Waals surface area contributed by atoms with Crippen LogP contribution in [0.5, 0.6) is 0 Å². The van der Waals surface area contributed by atoms with Crippen LogP contribution in [0.4, 0.5) is 4.39 Å². The van der Waals surface area contributed by atoms with Gasteiger partial charge in [-0.3, -0.25) is 4.79 Å². The van der Waals surface area contributed by atoms with Crippen molar-refractivity contribution < 1.29 is 13.9 Å². The number of pyridine rings is 1. The van der Waals surface area contributed by atoms with Gasteiger partial charge in [-0.2, -0.15) is 4.39 Å². The van der Waals surface area contributed by atoms with Crippen LogP contribution in [0.3, 0.4) is 0 Å². The molecule has 0 saturated carbocycles. The van der Waals surface area contributed by atoms with Gasteiger partial charge in [0, 0.05) is 0 Å². The van der Waals surface area contributed by atoms with Crippen LogP contribution in [-0.4, -0.2) is 23.3 Å². The van der Waals surface area contributed by atoms with Gasteiger partial charge in [0.2, 0.25) is 5.95 Å². The molecule has 0 bridgehead atoms. The Hall–Kier alpha value is -1.10. The molecule has 3 nitrogen and oxygen atoms in total. The molecule has 14 heavy (non-hydrogen) atoms. The second kappa shape index (κ2) is 5.59. The fourth-order valence-electron chi connectivity index (χ4n) is 0.806. The monoisotopic (exact) mass is 215 g/mol. The second-order valence-corrected chi connectivity index (χ2v) is 3.39. The molecule has 1 heterocycles. The molecule has 0 amide bonds. The summed E-state index contributed by atoms with van der Waals surface area (Å²) in [5, 5.41) is 0.484. The van der Waals surface area contributed by atoms with Crippen molar-refractivity contribution >= 4 is 17.7 Å². The van der Waals surface area contributed by atoms with Crippen LogP contribution in [0, 0.1) is 5.95 Å². The van der Waals surface area contributed by atoms with Crippen molar-refractivity contribution in [3.8, 4) is 0 Å². The largest absolute Gasteiger partial charge is 0.465 e. The number of nitrogens with zero attached hydrogens (tertiary/aromatic N) is 1. The maximum atomic E-state index is 12.6. The molecule has 76 valence electrons. The van der Waals surface area contributed by atoms with E-state index in [0.717, 1.165) is 11.8 Å². The zero-order valence-electron chi connectivity index (χ0n) is 7.70. The first-order valence-corrected chi connectivity index (χ1v) is 5.12. The summed E-state index contributed by atoms with van der Waals surface area (Å²) in [5.74, 6) is -0.702. The molecular weight excluding hydrogens is 205 g/mol. The Morgan fingerprint density at radius 3 is 3.07 bits per heavy atom. The highest BCUT2D eigenvalue weighted by molar-refractivity contribution is 7.99. The minimum absolute atomic E-state index is 0.157. The minimum atomic E-state index is -0.543. The number of ether oxygens (including phenoxy) is 1. The first-order chi connectivity index (χ1) is 6.72. The Bertz CT molecular complexity index is 319. The molecule has 0 aromatic carbocycles. The van der Waals surface area contributed by atoms with Gasteiger partial charge < -0.3 is 4.74 Å². The Morgan fingerprint density at radius 2 is 2.43 bits per heavy atom. The fraction of sp³-hybridized carbons (Fsp3) is 0.333. The van der Waals surface area contributed by atoms with Gasteiger partial charge in [-0.05, 0) is 19.1 Å². The van der Waals surface area contributed by atoms with Gasteiger partial charge in [0.25, 0.3) is 0 Å². The lowest BCUT2D eigenvalue weighted by Gasteiger charge is -2.00. The normalized spacial score (nSPS) is 9.86. The molecule has 1 aromatic rings. The van der Waals surface area contributed by atoms with E-state index in [0.29, 0.717) is 11.6 Å². The average molecular weight is 215 g/mol. The predicted octanol–water partition coefficient (Wildman–Crippen LogP) is 1.88. The third kappa shape index (κ3) is 3.74. The number of rotatable bonds is 4. The smallest absolute Gasteiger partial charge is 0.316 e. The number of halogens is 1. The maximum Gasteiger partial charge on any atom is 0.316 e. The van der Waals surface area contributed by atoms with Crippen LogP contribution in [0.1, 0.15) is 6.92 Å². The van der Waals surface area contributed by atoms with Gasteiger partial charge in [-0.1, -0.05) is 17.8 Å². The van der Waals surface area contributed by atoms with Gasteiger partial charge >= 0.3 is 5.97 Å². The molecule has 0 atom stereocenters. The van der Waals surface area contributed by atoms with Crippen molar-refractivity contribution in [2.24, 2.45) is 0 Å². The highest BCUT2D eigenvalue weighted by Gasteiger charge is 2.04. The molecular formula is C9H10FNO2S. The van der Waals surface area contributed by atoms with Crippen LogP contribution in [0.15, 0.2) is 23.2 Å². The van der Waals surface area contributed by atoms with Crippen molar-refractivity contribution in [2.75, 3.05) is 12.4 Å². The molecule has 5 heteroatoms. The number of aromatic nitrogens is 1. The summed E-state index contributed by atoms with van der Waals surface area (Å²) < 4.78 is 17.3. The lowest BCUT2D eigenvalue weighted by Crippen LogP contribution is -2.06. The number of carbonyl (C=O) groups is 1. The quantitative estimate of drug-likeness (QED) is 0.436. The van der Waals surface area contributed by atoms with E-state index in [1.807, 2.05) is 0 Å². The third-order valence-corrected chi connectivity index (χ3v) is 2.24. The van der Waals surface area contributed by atoms with Crippen molar-refractivity contribution in [3.63, 3.8) is 0 Å². The van der Waals surface area contributed by atoms with Crippen molar-refractivity contribution in [2.45, 2.75) is 11.9 Å². The highest BCUT2D eigenvalue weighted by Crippen LogP contribution is 2.14. The first kappa shape index (κ1) is 11.0. The zero-order chi connectivity index (χ0) is 10.4. The first-order valence-electron chi connectivity index (χ1n) is 4.13. The van der Waals surface area contributed by atoms with Crippen molar-refractivity contribution in [1.29, 1.82) is 0 Å². The van der Waals surface area contributed by atoms with E-state index < -0.39 is 5.95 Å². The molecule has 0 aliphatic heterocycles. The second-order valence-electron chi connectivity index (χ2n) is 2.39. The summed E-state index contributed by atoms with van der Waals surface area (Å²) in [4.78, 5) is 14.5. The van der Waals surface area contributed by atoms with Gasteiger partial charge in [0.05, 0.1) is 17.4 Å². The third-order valence-electron chi connectivity index (χ3n) is 1.33. The Labute approximate surface area is 85.7 Å². The van der Waals surface area contributed by atoms with E-state index in [4.69, 9.17) is 4.74 Å². The number of carbonyl (C=O) groups excluding carboxylic acids is 1. The van der Waals surface area contributed by atoms with E-state index in [-0.39, 0.29) is 11.7 Å². The van der Waals surface area contributed by atoms with E-state index in [1.54, 1.807) is 19.1 Å². The molecule has 0 unspecified atom stereocenters. The minimum Gasteiger partial charge on any atom is -0.465 e. The maximum absolute atomic E-state index is 12.6. The highest BCUT2D eigenvalue weighted by atomic mass is 32.2. The topological polar surface area (TPSA) is 39.2 Å². The standard InChI is InChI=1S/C9H10FNO2S/c1-2-13-9(12)6-14-8-5-3-4-7(10)11-8/h3-5H,2,6H2,1H3. The van der Waals surface area contributed by atoms with Crippen LogP contribution in [-0.2, 0) is 9.53 Å². The molecule has 0 aliphatic carbocycles. The van der Waals surface area contributed by atoms with E-state index in [1.165, 1.54) is 6.07 Å². The van der Waals surface area contributed by atoms with Crippen LogP contribution in [0.2, 0.25) is 0 Å². The average Bonchev–Trinajstić information content (AvgIpc) is 2.15. The molecule has 0 radical (unpaired) electrons. The van der Waals surface area contributed by atoms with Crippen LogP contribution in [0.25, 0.3) is 0 Å². The Balaban J connectivity index is 2.41. The molecule has 0 aliphatic rings. The lowest BCUT2D eigenvalue weighted by atomic mass is 10.5. The number of hydrogen-bond donors (Lipinski definition) is 0. The Morgan fingerprint density at radius 1 is 1.64 bits per heavy atom. The summed E-state index contributed by atoms with van der Waals surface area (Å²) in [6.45, 7) is 2.10. The predicted molar refractivity (Wildman–Crippen MR) is 51.6 cm³/mol. The van der Waals surface area contributed by atoms with E-state index >= 15 is 0 Å². The number of thioether (sulfide) groups is 1. The van der Waals surface area contributed by atoms with Gasteiger partial charge in [0.1, 0.15) is 0 Å². The van der Waals surface area contributed by atoms with Crippen molar-refractivity contribution in [3.05, 3.63) is 24.1 Å². The summed E-state index contributed by atoms with van der Waals surface area (Å²) in [7, 11) is 0. The fourth-order valence-corrected chi connectivity index (χ4v) is 1.48. The van der Waals surface area contributed by atoms with E-state index in [2.05, 4.69) is 4.98 Å². The summed E-state index contributed by atoms with van der Waals surface area (Å²) in [6.07, 6.45) is 0. The van der Waals surface area contributed by atoms with Crippen LogP contribution >= 0.6 is 11.8 Å². The molecule has 0 spiro atoms. The summed E-state index contributed by atoms with van der Waals surface area (Å²) in [5.41, 5.74) is 0. The van der Waals surface area contributed by atoms with Crippen LogP contribution < -0.4 is 0 Å².